The van der Waals surface area contributed by atoms with E-state index in [1.807, 2.05) is 6.92 Å². The first-order valence-corrected chi connectivity index (χ1v) is 5.37. The van der Waals surface area contributed by atoms with Gasteiger partial charge in [0.1, 0.15) is 5.82 Å². The van der Waals surface area contributed by atoms with E-state index in [1.54, 1.807) is 6.07 Å². The number of benzene rings is 1. The first-order valence-electron chi connectivity index (χ1n) is 5.37. The number of hydrogen-bond acceptors (Lipinski definition) is 2. The van der Waals surface area contributed by atoms with Crippen molar-refractivity contribution in [1.82, 2.24) is 0 Å². The van der Waals surface area contributed by atoms with Crippen LogP contribution in [-0.4, -0.2) is 6.54 Å². The van der Waals surface area contributed by atoms with Gasteiger partial charge in [0.2, 0.25) is 0 Å². The molecule has 1 atom stereocenters. The fraction of sp³-hybridized carbons (Fsp3) is 0.500. The van der Waals surface area contributed by atoms with E-state index >= 15 is 0 Å². The average Bonchev–Trinajstić information content (AvgIpc) is 2.17. The second kappa shape index (κ2) is 5.83. The maximum Gasteiger partial charge on any atom is 0.123 e. The van der Waals surface area contributed by atoms with Gasteiger partial charge >= 0.3 is 0 Å². The van der Waals surface area contributed by atoms with E-state index in [0.29, 0.717) is 6.54 Å². The van der Waals surface area contributed by atoms with Gasteiger partial charge in [-0.1, -0.05) is 12.5 Å². The molecule has 0 fully saturated rings. The number of aryl methyl sites for hydroxylation is 1. The Bertz CT molecular complexity index is 312. The summed E-state index contributed by atoms with van der Waals surface area (Å²) >= 11 is 0. The van der Waals surface area contributed by atoms with Gasteiger partial charge < -0.3 is 11.5 Å². The molecule has 84 valence electrons. The molecule has 0 unspecified atom stereocenters. The standard InChI is InChI=1S/C12H19FN2/c1-9-8-10(13)5-6-11(9)12(15)4-2-3-7-14/h5-6,8,12H,2-4,7,14-15H2,1H3/t12-/m1/s1. The Balaban J connectivity index is 2.61. The first kappa shape index (κ1) is 12.1. The minimum Gasteiger partial charge on any atom is -0.330 e. The van der Waals surface area contributed by atoms with Crippen LogP contribution in [0, 0.1) is 12.7 Å². The van der Waals surface area contributed by atoms with Crippen molar-refractivity contribution >= 4 is 0 Å². The molecular weight excluding hydrogens is 191 g/mol. The minimum absolute atomic E-state index is 0.00264. The molecule has 0 aromatic heterocycles. The molecule has 4 N–H and O–H groups in total. The van der Waals surface area contributed by atoms with Crippen LogP contribution in [0.2, 0.25) is 0 Å². The molecule has 1 aromatic carbocycles. The summed E-state index contributed by atoms with van der Waals surface area (Å²) < 4.78 is 12.9. The van der Waals surface area contributed by atoms with Gasteiger partial charge in [0.25, 0.3) is 0 Å². The lowest BCUT2D eigenvalue weighted by molar-refractivity contribution is 0.584. The zero-order chi connectivity index (χ0) is 11.3. The van der Waals surface area contributed by atoms with Crippen LogP contribution >= 0.6 is 0 Å². The van der Waals surface area contributed by atoms with Crippen molar-refractivity contribution < 1.29 is 4.39 Å². The second-order valence-corrected chi connectivity index (χ2v) is 3.89. The summed E-state index contributed by atoms with van der Waals surface area (Å²) in [6, 6.07) is 4.76. The van der Waals surface area contributed by atoms with Crippen LogP contribution in [0.25, 0.3) is 0 Å². The molecule has 1 aromatic rings. The quantitative estimate of drug-likeness (QED) is 0.732. The normalized spacial score (nSPS) is 12.8. The number of nitrogens with two attached hydrogens (primary N) is 2. The molecule has 0 heterocycles. The molecule has 3 heteroatoms. The van der Waals surface area contributed by atoms with Crippen molar-refractivity contribution in [2.45, 2.75) is 32.2 Å². The molecule has 0 bridgehead atoms. The largest absolute Gasteiger partial charge is 0.330 e. The first-order chi connectivity index (χ1) is 7.15. The lowest BCUT2D eigenvalue weighted by Crippen LogP contribution is -2.12. The van der Waals surface area contributed by atoms with E-state index in [-0.39, 0.29) is 11.9 Å². The molecule has 0 saturated carbocycles. The molecule has 0 aliphatic carbocycles. The summed E-state index contributed by atoms with van der Waals surface area (Å²) in [4.78, 5) is 0. The molecule has 0 spiro atoms. The maximum atomic E-state index is 12.9. The Kier molecular flexibility index (Phi) is 4.72. The third kappa shape index (κ3) is 3.61. The molecule has 0 saturated heterocycles. The highest BCUT2D eigenvalue weighted by atomic mass is 19.1. The Morgan fingerprint density at radius 2 is 2.07 bits per heavy atom. The highest BCUT2D eigenvalue weighted by Gasteiger charge is 2.08. The summed E-state index contributed by atoms with van der Waals surface area (Å²) in [5.41, 5.74) is 13.4. The van der Waals surface area contributed by atoms with Crippen LogP contribution in [0.4, 0.5) is 4.39 Å². The van der Waals surface area contributed by atoms with Crippen LogP contribution < -0.4 is 11.5 Å². The highest BCUT2D eigenvalue weighted by molar-refractivity contribution is 5.29. The number of unbranched alkanes of at least 4 members (excludes halogenated alkanes) is 1. The SMILES string of the molecule is Cc1cc(F)ccc1[C@H](N)CCCCN. The van der Waals surface area contributed by atoms with Crippen LogP contribution in [0.3, 0.4) is 0 Å². The Labute approximate surface area is 90.5 Å². The van der Waals surface area contributed by atoms with E-state index in [0.717, 1.165) is 30.4 Å². The van der Waals surface area contributed by atoms with E-state index in [1.165, 1.54) is 12.1 Å². The van der Waals surface area contributed by atoms with Crippen molar-refractivity contribution in [3.63, 3.8) is 0 Å². The zero-order valence-electron chi connectivity index (χ0n) is 9.17. The van der Waals surface area contributed by atoms with Gasteiger partial charge in [0.15, 0.2) is 0 Å². The van der Waals surface area contributed by atoms with Gasteiger partial charge in [-0.25, -0.2) is 4.39 Å². The van der Waals surface area contributed by atoms with Crippen LogP contribution in [0.15, 0.2) is 18.2 Å². The van der Waals surface area contributed by atoms with Crippen molar-refractivity contribution in [2.24, 2.45) is 11.5 Å². The Morgan fingerprint density at radius 3 is 2.67 bits per heavy atom. The van der Waals surface area contributed by atoms with Gasteiger partial charge in [-0.15, -0.1) is 0 Å². The van der Waals surface area contributed by atoms with Gasteiger partial charge in [-0.05, 0) is 49.6 Å². The minimum atomic E-state index is -0.203. The van der Waals surface area contributed by atoms with E-state index in [2.05, 4.69) is 0 Å². The molecule has 0 radical (unpaired) electrons. The lowest BCUT2D eigenvalue weighted by Gasteiger charge is -2.14. The maximum absolute atomic E-state index is 12.9. The molecule has 0 amide bonds. The predicted octanol–water partition coefficient (Wildman–Crippen LogP) is 2.26. The van der Waals surface area contributed by atoms with E-state index < -0.39 is 0 Å². The van der Waals surface area contributed by atoms with Gasteiger partial charge in [0, 0.05) is 6.04 Å². The summed E-state index contributed by atoms with van der Waals surface area (Å²) in [6.07, 6.45) is 2.92. The summed E-state index contributed by atoms with van der Waals surface area (Å²) in [5.74, 6) is -0.203. The van der Waals surface area contributed by atoms with Crippen LogP contribution in [0.1, 0.15) is 36.4 Å². The fourth-order valence-electron chi connectivity index (χ4n) is 1.72. The van der Waals surface area contributed by atoms with Gasteiger partial charge in [0.05, 0.1) is 0 Å². The summed E-state index contributed by atoms with van der Waals surface area (Å²) in [6.45, 7) is 2.59. The molecule has 2 nitrogen and oxygen atoms in total. The average molecular weight is 210 g/mol. The van der Waals surface area contributed by atoms with E-state index in [4.69, 9.17) is 11.5 Å². The molecular formula is C12H19FN2. The smallest absolute Gasteiger partial charge is 0.123 e. The lowest BCUT2D eigenvalue weighted by atomic mass is 9.97. The van der Waals surface area contributed by atoms with E-state index in [9.17, 15) is 4.39 Å². The molecule has 0 aliphatic rings. The predicted molar refractivity (Wildman–Crippen MR) is 61.0 cm³/mol. The summed E-state index contributed by atoms with van der Waals surface area (Å²) in [7, 11) is 0. The molecule has 1 rings (SSSR count). The van der Waals surface area contributed by atoms with Crippen LogP contribution in [0.5, 0.6) is 0 Å². The van der Waals surface area contributed by atoms with Crippen LogP contribution in [-0.2, 0) is 0 Å². The number of rotatable bonds is 5. The van der Waals surface area contributed by atoms with Crippen molar-refractivity contribution in [1.29, 1.82) is 0 Å². The third-order valence-electron chi connectivity index (χ3n) is 2.60. The van der Waals surface area contributed by atoms with Crippen molar-refractivity contribution in [3.8, 4) is 0 Å². The second-order valence-electron chi connectivity index (χ2n) is 3.89. The zero-order valence-corrected chi connectivity index (χ0v) is 9.17. The fourth-order valence-corrected chi connectivity index (χ4v) is 1.72. The Hall–Kier alpha value is -0.930. The van der Waals surface area contributed by atoms with Crippen molar-refractivity contribution in [2.75, 3.05) is 6.54 Å². The number of halogens is 1. The monoisotopic (exact) mass is 210 g/mol. The number of hydrogen-bond donors (Lipinski definition) is 2. The molecule has 0 aliphatic heterocycles. The highest BCUT2D eigenvalue weighted by Crippen LogP contribution is 2.20. The Morgan fingerprint density at radius 1 is 1.33 bits per heavy atom. The van der Waals surface area contributed by atoms with Gasteiger partial charge in [-0.3, -0.25) is 0 Å². The van der Waals surface area contributed by atoms with Crippen molar-refractivity contribution in [3.05, 3.63) is 35.1 Å². The third-order valence-corrected chi connectivity index (χ3v) is 2.60. The molecule has 15 heavy (non-hydrogen) atoms. The van der Waals surface area contributed by atoms with Gasteiger partial charge in [-0.2, -0.15) is 0 Å². The topological polar surface area (TPSA) is 52.0 Å². The summed E-state index contributed by atoms with van der Waals surface area (Å²) in [5, 5.41) is 0.